The largest absolute Gasteiger partial charge is 0.393 e. The van der Waals surface area contributed by atoms with Gasteiger partial charge in [0, 0.05) is 37.0 Å². The van der Waals surface area contributed by atoms with Crippen molar-refractivity contribution >= 4 is 11.6 Å². The topological polar surface area (TPSA) is 72.7 Å². The molecule has 2 N–H and O–H groups in total. The Bertz CT molecular complexity index is 1450. The zero-order chi connectivity index (χ0) is 28.9. The normalized spacial score (nSPS) is 18.9. The third kappa shape index (κ3) is 6.43. The summed E-state index contributed by atoms with van der Waals surface area (Å²) < 4.78 is 27.8. The molecule has 1 aliphatic heterocycles. The predicted molar refractivity (Wildman–Crippen MR) is 159 cm³/mol. The van der Waals surface area contributed by atoms with Gasteiger partial charge in [-0.3, -0.25) is 4.79 Å². The van der Waals surface area contributed by atoms with Gasteiger partial charge in [-0.15, -0.1) is 0 Å². The molecule has 1 saturated heterocycles. The first-order valence-electron chi connectivity index (χ1n) is 14.2. The number of hydrogen-bond donors (Lipinski definition) is 2. The predicted octanol–water partition coefficient (Wildman–Crippen LogP) is 7.24. The number of benzene rings is 3. The van der Waals surface area contributed by atoms with Crippen molar-refractivity contribution in [3.63, 3.8) is 0 Å². The maximum absolute atomic E-state index is 14.2. The lowest BCUT2D eigenvalue weighted by Crippen LogP contribution is -2.37. The van der Waals surface area contributed by atoms with E-state index in [2.05, 4.69) is 23.7 Å². The summed E-state index contributed by atoms with van der Waals surface area (Å²) in [7, 11) is 1.58. The SMILES string of the molecule is COC1CC(O)CC(CCn2c(-c3ccc(F)cc3)c(-c3ccccc3)c(C(=O)Nc3ccccc3)c2C(C)C)O1. The van der Waals surface area contributed by atoms with Crippen LogP contribution in [0.1, 0.15) is 55.1 Å². The standard InChI is InChI=1S/C34H37FN2O4/c1-22(2)32-31(34(39)36-26-12-8-5-9-13-26)30(23-10-6-4-7-11-23)33(24-14-16-25(35)17-15-24)37(32)19-18-28-20-27(38)21-29(40-3)41-28/h4-17,22,27-29,38H,18-21H2,1-3H3,(H,36,39). The quantitative estimate of drug-likeness (QED) is 0.228. The number of carbonyl (C=O) groups is 1. The number of aromatic nitrogens is 1. The minimum atomic E-state index is -0.503. The van der Waals surface area contributed by atoms with Crippen LogP contribution in [0.25, 0.3) is 22.4 Å². The highest BCUT2D eigenvalue weighted by Crippen LogP contribution is 2.43. The zero-order valence-corrected chi connectivity index (χ0v) is 23.7. The van der Waals surface area contributed by atoms with E-state index in [-0.39, 0.29) is 23.7 Å². The molecular weight excluding hydrogens is 519 g/mol. The minimum Gasteiger partial charge on any atom is -0.393 e. The van der Waals surface area contributed by atoms with E-state index < -0.39 is 12.4 Å². The van der Waals surface area contributed by atoms with Gasteiger partial charge in [-0.25, -0.2) is 4.39 Å². The summed E-state index contributed by atoms with van der Waals surface area (Å²) in [6.07, 6.45) is 0.383. The number of ether oxygens (including phenoxy) is 2. The van der Waals surface area contributed by atoms with E-state index in [9.17, 15) is 14.3 Å². The van der Waals surface area contributed by atoms with Gasteiger partial charge in [-0.1, -0.05) is 62.4 Å². The lowest BCUT2D eigenvalue weighted by atomic mass is 9.94. The van der Waals surface area contributed by atoms with Crippen LogP contribution in [-0.4, -0.2) is 41.2 Å². The molecule has 2 heterocycles. The number of carbonyl (C=O) groups excluding carboxylic acids is 1. The third-order valence-corrected chi connectivity index (χ3v) is 7.57. The van der Waals surface area contributed by atoms with Crippen molar-refractivity contribution in [3.8, 4) is 22.4 Å². The van der Waals surface area contributed by atoms with Gasteiger partial charge < -0.3 is 24.5 Å². The maximum Gasteiger partial charge on any atom is 0.258 e. The van der Waals surface area contributed by atoms with E-state index in [0.29, 0.717) is 37.1 Å². The molecule has 1 fully saturated rings. The Kier molecular flexibility index (Phi) is 8.98. The van der Waals surface area contributed by atoms with Crippen molar-refractivity contribution < 1.29 is 23.8 Å². The smallest absolute Gasteiger partial charge is 0.258 e. The summed E-state index contributed by atoms with van der Waals surface area (Å²) in [6.45, 7) is 4.69. The van der Waals surface area contributed by atoms with Gasteiger partial charge in [0.1, 0.15) is 5.82 Å². The number of nitrogens with one attached hydrogen (secondary N) is 1. The second-order valence-corrected chi connectivity index (χ2v) is 10.8. The highest BCUT2D eigenvalue weighted by atomic mass is 19.1. The van der Waals surface area contributed by atoms with Gasteiger partial charge in [-0.2, -0.15) is 0 Å². The molecule has 0 bridgehead atoms. The molecule has 0 spiro atoms. The van der Waals surface area contributed by atoms with Gasteiger partial charge >= 0.3 is 0 Å². The molecule has 4 aromatic rings. The van der Waals surface area contributed by atoms with Crippen LogP contribution >= 0.6 is 0 Å². The number of rotatable bonds is 9. The highest BCUT2D eigenvalue weighted by molar-refractivity contribution is 6.12. The van der Waals surface area contributed by atoms with E-state index in [1.807, 2.05) is 60.7 Å². The Morgan fingerprint density at radius 3 is 2.29 bits per heavy atom. The van der Waals surface area contributed by atoms with Crippen LogP contribution in [0.15, 0.2) is 84.9 Å². The molecule has 1 aromatic heterocycles. The number of nitrogens with zero attached hydrogens (tertiary/aromatic N) is 1. The van der Waals surface area contributed by atoms with Crippen LogP contribution in [0.4, 0.5) is 10.1 Å². The second kappa shape index (κ2) is 12.8. The number of halogens is 1. The molecule has 0 aliphatic carbocycles. The summed E-state index contributed by atoms with van der Waals surface area (Å²) >= 11 is 0. The van der Waals surface area contributed by atoms with E-state index in [4.69, 9.17) is 9.47 Å². The second-order valence-electron chi connectivity index (χ2n) is 10.8. The molecule has 5 rings (SSSR count). The first-order chi connectivity index (χ1) is 19.9. The van der Waals surface area contributed by atoms with Crippen molar-refractivity contribution in [3.05, 3.63) is 102 Å². The van der Waals surface area contributed by atoms with Crippen molar-refractivity contribution in [2.24, 2.45) is 0 Å². The molecule has 1 amide bonds. The molecule has 3 atom stereocenters. The molecule has 41 heavy (non-hydrogen) atoms. The summed E-state index contributed by atoms with van der Waals surface area (Å²) in [5.41, 5.74) is 5.54. The van der Waals surface area contributed by atoms with Gasteiger partial charge in [0.05, 0.1) is 23.5 Å². The fourth-order valence-corrected chi connectivity index (χ4v) is 5.77. The Balaban J connectivity index is 1.69. The zero-order valence-electron chi connectivity index (χ0n) is 23.7. The molecule has 214 valence electrons. The molecule has 0 radical (unpaired) electrons. The highest BCUT2D eigenvalue weighted by Gasteiger charge is 2.32. The third-order valence-electron chi connectivity index (χ3n) is 7.57. The van der Waals surface area contributed by atoms with Crippen molar-refractivity contribution in [1.29, 1.82) is 0 Å². The molecule has 3 unspecified atom stereocenters. The van der Waals surface area contributed by atoms with E-state index in [0.717, 1.165) is 28.1 Å². The number of para-hydroxylation sites is 1. The summed E-state index contributed by atoms with van der Waals surface area (Å²) in [5.74, 6) is -0.535. The molecule has 0 saturated carbocycles. The Labute approximate surface area is 240 Å². The summed E-state index contributed by atoms with van der Waals surface area (Å²) in [5, 5.41) is 13.5. The van der Waals surface area contributed by atoms with Crippen LogP contribution in [0, 0.1) is 5.82 Å². The fraction of sp³-hybridized carbons (Fsp3) is 0.324. The average Bonchev–Trinajstić information content (AvgIpc) is 3.33. The molecule has 7 heteroatoms. The Hall–Kier alpha value is -3.78. The van der Waals surface area contributed by atoms with Gasteiger partial charge in [0.25, 0.3) is 5.91 Å². The molecular formula is C34H37FN2O4. The van der Waals surface area contributed by atoms with Gasteiger partial charge in [0.15, 0.2) is 6.29 Å². The number of hydrogen-bond acceptors (Lipinski definition) is 4. The lowest BCUT2D eigenvalue weighted by Gasteiger charge is -2.32. The minimum absolute atomic E-state index is 0.00669. The van der Waals surface area contributed by atoms with E-state index in [1.54, 1.807) is 19.2 Å². The van der Waals surface area contributed by atoms with E-state index >= 15 is 0 Å². The van der Waals surface area contributed by atoms with Gasteiger partial charge in [0.2, 0.25) is 0 Å². The monoisotopic (exact) mass is 556 g/mol. The fourth-order valence-electron chi connectivity index (χ4n) is 5.77. The lowest BCUT2D eigenvalue weighted by molar-refractivity contribution is -0.205. The molecule has 1 aliphatic rings. The van der Waals surface area contributed by atoms with Crippen molar-refractivity contribution in [1.82, 2.24) is 4.57 Å². The first kappa shape index (κ1) is 28.7. The van der Waals surface area contributed by atoms with Crippen LogP contribution in [0.2, 0.25) is 0 Å². The number of amides is 1. The first-order valence-corrected chi connectivity index (χ1v) is 14.2. The van der Waals surface area contributed by atoms with Gasteiger partial charge in [-0.05, 0) is 66.3 Å². The Morgan fingerprint density at radius 2 is 1.66 bits per heavy atom. The number of methoxy groups -OCH3 is 1. The van der Waals surface area contributed by atoms with Crippen molar-refractivity contribution in [2.75, 3.05) is 12.4 Å². The molecule has 3 aromatic carbocycles. The summed E-state index contributed by atoms with van der Waals surface area (Å²) in [4.78, 5) is 14.2. The van der Waals surface area contributed by atoms with Crippen LogP contribution in [0.3, 0.4) is 0 Å². The van der Waals surface area contributed by atoms with Crippen LogP contribution < -0.4 is 5.32 Å². The van der Waals surface area contributed by atoms with Crippen LogP contribution in [0.5, 0.6) is 0 Å². The van der Waals surface area contributed by atoms with Crippen LogP contribution in [-0.2, 0) is 16.0 Å². The number of anilines is 1. The average molecular weight is 557 g/mol. The maximum atomic E-state index is 14.2. The Morgan fingerprint density at radius 1 is 1.00 bits per heavy atom. The van der Waals surface area contributed by atoms with Crippen molar-refractivity contribution in [2.45, 2.75) is 64.1 Å². The number of aliphatic hydroxyl groups excluding tert-OH is 1. The molecule has 6 nitrogen and oxygen atoms in total. The number of aliphatic hydroxyl groups is 1. The summed E-state index contributed by atoms with van der Waals surface area (Å²) in [6, 6.07) is 25.7. The van der Waals surface area contributed by atoms with E-state index in [1.165, 1.54) is 12.1 Å².